The minimum Gasteiger partial charge on any atom is -0.264 e. The van der Waals surface area contributed by atoms with Crippen LogP contribution in [0.2, 0.25) is 5.15 Å². The summed E-state index contributed by atoms with van der Waals surface area (Å²) < 4.78 is 74.1. The zero-order chi connectivity index (χ0) is 77.1. The molecule has 9 aromatic heterocycles. The summed E-state index contributed by atoms with van der Waals surface area (Å²) in [5.74, 6) is 3.75. The Morgan fingerprint density at radius 3 is 1.09 bits per heavy atom. The van der Waals surface area contributed by atoms with Crippen molar-refractivity contribution in [3.8, 4) is 6.07 Å². The molecule has 0 unspecified atom stereocenters. The smallest absolute Gasteiger partial charge is 0.264 e. The number of nitrogens with zero attached hydrogens (tertiary/aromatic N) is 10. The average molecular weight is 1490 g/mol. The summed E-state index contributed by atoms with van der Waals surface area (Å²) in [7, 11) is 0. The highest BCUT2D eigenvalue weighted by Crippen LogP contribution is 2.30. The molecule has 102 heavy (non-hydrogen) atoms. The molecule has 0 aliphatic heterocycles. The number of benzene rings is 1. The van der Waals surface area contributed by atoms with Crippen LogP contribution in [-0.4, -0.2) is 44.9 Å². The first-order chi connectivity index (χ1) is 47.9. The highest BCUT2D eigenvalue weighted by atomic mass is 79.9. The van der Waals surface area contributed by atoms with Crippen LogP contribution in [0.15, 0.2) is 206 Å². The Labute approximate surface area is 619 Å². The zero-order valence-corrected chi connectivity index (χ0v) is 65.7. The molecule has 0 aliphatic carbocycles. The lowest BCUT2D eigenvalue weighted by Gasteiger charge is -2.09. The van der Waals surface area contributed by atoms with Gasteiger partial charge < -0.3 is 0 Å². The van der Waals surface area contributed by atoms with E-state index in [1.165, 1.54) is 70.7 Å². The van der Waals surface area contributed by atoms with Gasteiger partial charge >= 0.3 is 6.18 Å². The molecule has 0 N–H and O–H groups in total. The molecular weight excluding hydrogens is 1380 g/mol. The third-order valence-corrected chi connectivity index (χ3v) is 15.2. The number of rotatable bonds is 10. The molecule has 9 heterocycles. The van der Waals surface area contributed by atoms with Gasteiger partial charge in [-0.05, 0) is 206 Å². The van der Waals surface area contributed by atoms with Gasteiger partial charge in [-0.15, -0.1) is 0 Å². The predicted molar refractivity (Wildman–Crippen MR) is 413 cm³/mol. The maximum atomic E-state index is 12.3. The van der Waals surface area contributed by atoms with Crippen LogP contribution in [0.25, 0.3) is 0 Å². The number of aromatic nitrogens is 9. The Morgan fingerprint density at radius 2 is 0.784 bits per heavy atom. The largest absolute Gasteiger partial charge is 0.416 e. The molecule has 0 spiro atoms. The second-order valence-corrected chi connectivity index (χ2v) is 27.7. The van der Waals surface area contributed by atoms with Gasteiger partial charge in [0.05, 0.1) is 18.0 Å². The van der Waals surface area contributed by atoms with E-state index in [4.69, 9.17) is 16.9 Å². The second kappa shape index (κ2) is 49.9. The molecule has 0 aliphatic rings. The fourth-order valence-electron chi connectivity index (χ4n) is 7.83. The Balaban J connectivity index is 0.000000567. The number of halogens is 8. The molecule has 0 fully saturated rings. The summed E-state index contributed by atoms with van der Waals surface area (Å²) in [6.45, 7) is 43.8. The highest BCUT2D eigenvalue weighted by Gasteiger charge is 2.30. The van der Waals surface area contributed by atoms with E-state index in [1.54, 1.807) is 42.9 Å². The first kappa shape index (κ1) is 91.4. The van der Waals surface area contributed by atoms with Crippen LogP contribution < -0.4 is 0 Å². The second-order valence-electron chi connectivity index (χ2n) is 26.5. The van der Waals surface area contributed by atoms with Crippen LogP contribution in [0.3, 0.4) is 0 Å². The Kier molecular flexibility index (Phi) is 44.7. The van der Waals surface area contributed by atoms with Gasteiger partial charge in [0.2, 0.25) is 5.95 Å². The zero-order valence-electron chi connectivity index (χ0n) is 63.3. The van der Waals surface area contributed by atoms with Crippen molar-refractivity contribution in [2.75, 3.05) is 0 Å². The van der Waals surface area contributed by atoms with E-state index in [1.807, 2.05) is 134 Å². The number of hydrogen-bond donors (Lipinski definition) is 0. The monoisotopic (exact) mass is 1480 g/mol. The van der Waals surface area contributed by atoms with Crippen molar-refractivity contribution < 1.29 is 26.3 Å². The summed E-state index contributed by atoms with van der Waals surface area (Å²) in [6, 6.07) is 44.4. The first-order valence-electron chi connectivity index (χ1n) is 34.3. The Hall–Kier alpha value is -8.59. The maximum absolute atomic E-state index is 12.3. The van der Waals surface area contributed by atoms with Crippen LogP contribution in [0.1, 0.15) is 271 Å². The van der Waals surface area contributed by atoms with Gasteiger partial charge in [0.15, 0.2) is 0 Å². The van der Waals surface area contributed by atoms with Crippen molar-refractivity contribution in [2.45, 2.75) is 211 Å². The molecular formula is C84H106BrClF6N10. The van der Waals surface area contributed by atoms with Crippen molar-refractivity contribution in [1.29, 1.82) is 5.26 Å². The van der Waals surface area contributed by atoms with Crippen LogP contribution in [0.5, 0.6) is 0 Å². The number of hydrogen-bond acceptors (Lipinski definition) is 10. The van der Waals surface area contributed by atoms with E-state index < -0.39 is 17.7 Å². The lowest BCUT2D eigenvalue weighted by Crippen LogP contribution is -2.04. The number of alkyl halides is 3. The van der Waals surface area contributed by atoms with E-state index in [-0.39, 0.29) is 17.6 Å². The van der Waals surface area contributed by atoms with E-state index in [2.05, 4.69) is 182 Å². The van der Waals surface area contributed by atoms with Crippen molar-refractivity contribution in [3.63, 3.8) is 0 Å². The quantitative estimate of drug-likeness (QED) is 0.0960. The third-order valence-electron chi connectivity index (χ3n) is 14.5. The summed E-state index contributed by atoms with van der Waals surface area (Å²) >= 11 is 8.89. The third kappa shape index (κ3) is 40.7. The predicted octanol–water partition coefficient (Wildman–Crippen LogP) is 25.7. The Morgan fingerprint density at radius 1 is 0.363 bits per heavy atom. The minimum atomic E-state index is -4.23. The van der Waals surface area contributed by atoms with Crippen molar-refractivity contribution in [3.05, 3.63) is 302 Å². The maximum Gasteiger partial charge on any atom is 0.416 e. The number of aryl methyl sites for hydroxylation is 1. The van der Waals surface area contributed by atoms with E-state index >= 15 is 0 Å². The molecule has 0 saturated carbocycles. The fourth-order valence-corrected chi connectivity index (χ4v) is 8.18. The summed E-state index contributed by atoms with van der Waals surface area (Å²) in [5, 5.41) is 9.01. The van der Waals surface area contributed by atoms with Crippen LogP contribution >= 0.6 is 27.5 Å². The molecule has 548 valence electrons. The van der Waals surface area contributed by atoms with Gasteiger partial charge in [0.1, 0.15) is 33.2 Å². The molecule has 1 aromatic carbocycles. The van der Waals surface area contributed by atoms with Gasteiger partial charge in [0, 0.05) is 71.8 Å². The lowest BCUT2D eigenvalue weighted by atomic mass is 10.0. The molecule has 0 amide bonds. The molecule has 10 rings (SSSR count). The average Bonchev–Trinajstić information content (AvgIpc) is 0.852. The van der Waals surface area contributed by atoms with E-state index in [0.29, 0.717) is 64.1 Å². The van der Waals surface area contributed by atoms with Gasteiger partial charge in [-0.3, -0.25) is 24.9 Å². The van der Waals surface area contributed by atoms with Crippen molar-refractivity contribution in [2.24, 2.45) is 0 Å². The highest BCUT2D eigenvalue weighted by molar-refractivity contribution is 9.10. The molecule has 0 atom stereocenters. The standard InChI is InChI=1S/C10H11F3.C9H10N2.C9H13N.C8H10BrN.C8H10ClN.3C8H10FN.2C8H11N/c1-7(2)8-3-5-9(6-4-8)10(11,12)13;1-7(2)8-3-4-9(5-10)11-6-8;1-7(2)9-6-4-5-8(3)10-9;2*1-6(2)7-3-4-8(9)10-5-7;2*1-6(2)8-4-3-7(9)5-10-8;1-6(2)7-3-4-8(9)10-5-7;1-7(2)8-4-3-5-9-6-8;1-7(2)8-5-3-4-6-9-8/h3-7H,1-2H3;3-4,6-7H,1-2H3;4-7H,1-3H3;5*3-6H,1-2H3;2*3-7H,1-2H3. The van der Waals surface area contributed by atoms with E-state index in [0.717, 1.165) is 50.6 Å². The molecule has 0 bridgehead atoms. The summed E-state index contributed by atoms with van der Waals surface area (Å²) in [4.78, 5) is 35.9. The molecule has 18 heteroatoms. The first-order valence-corrected chi connectivity index (χ1v) is 35.5. The van der Waals surface area contributed by atoms with Crippen LogP contribution in [0, 0.1) is 35.8 Å². The summed E-state index contributed by atoms with van der Waals surface area (Å²) in [5.41, 5.74) is 12.2. The van der Waals surface area contributed by atoms with Crippen molar-refractivity contribution >= 4 is 27.5 Å². The SMILES string of the molecule is CC(C)c1ccc(Br)nc1.CC(C)c1ccc(C#N)nc1.CC(C)c1ccc(C(F)(F)F)cc1.CC(C)c1ccc(Cl)nc1.CC(C)c1ccc(F)cn1.CC(C)c1ccc(F)cn1.CC(C)c1ccc(F)nc1.CC(C)c1ccccn1.CC(C)c1cccnc1.Cc1cccc(C(C)C)n1. The lowest BCUT2D eigenvalue weighted by molar-refractivity contribution is -0.137. The minimum absolute atomic E-state index is 0.266. The van der Waals surface area contributed by atoms with Gasteiger partial charge in [-0.2, -0.15) is 22.8 Å². The van der Waals surface area contributed by atoms with Gasteiger partial charge in [-0.1, -0.05) is 205 Å². The fraction of sp³-hybridized carbons (Fsp3) is 0.381. The van der Waals surface area contributed by atoms with Gasteiger partial charge in [0.25, 0.3) is 0 Å². The normalized spacial score (nSPS) is 10.5. The van der Waals surface area contributed by atoms with E-state index in [9.17, 15) is 26.3 Å². The van der Waals surface area contributed by atoms with Crippen molar-refractivity contribution in [1.82, 2.24) is 44.9 Å². The Bertz CT molecular complexity index is 3470. The number of pyridine rings is 9. The number of nitriles is 1. The van der Waals surface area contributed by atoms with Gasteiger partial charge in [-0.25, -0.2) is 28.7 Å². The van der Waals surface area contributed by atoms with Crippen LogP contribution in [-0.2, 0) is 6.18 Å². The topological polar surface area (TPSA) is 140 Å². The molecule has 0 radical (unpaired) electrons. The summed E-state index contributed by atoms with van der Waals surface area (Å²) in [6.07, 6.45) is 10.8. The molecule has 10 nitrogen and oxygen atoms in total. The van der Waals surface area contributed by atoms with Crippen LogP contribution in [0.4, 0.5) is 26.3 Å². The molecule has 10 aromatic rings. The molecule has 0 saturated heterocycles.